The van der Waals surface area contributed by atoms with Crippen LogP contribution in [0.4, 0.5) is 0 Å². The predicted octanol–water partition coefficient (Wildman–Crippen LogP) is 3.16. The van der Waals surface area contributed by atoms with Crippen molar-refractivity contribution in [3.63, 3.8) is 0 Å². The Hall–Kier alpha value is -1.40. The monoisotopic (exact) mass is 344 g/mol. The zero-order valence-corrected chi connectivity index (χ0v) is 12.6. The van der Waals surface area contributed by atoms with Crippen molar-refractivity contribution in [1.29, 1.82) is 0 Å². The molecule has 1 aromatic rings. The molecule has 0 saturated carbocycles. The summed E-state index contributed by atoms with van der Waals surface area (Å²) in [6, 6.07) is 4.20. The summed E-state index contributed by atoms with van der Waals surface area (Å²) in [4.78, 5) is 22.2. The molecule has 0 spiro atoms. The minimum absolute atomic E-state index is 0.00157. The summed E-state index contributed by atoms with van der Waals surface area (Å²) in [6.45, 7) is 0.485. The highest BCUT2D eigenvalue weighted by Gasteiger charge is 2.17. The Morgan fingerprint density at radius 3 is 2.15 bits per heavy atom. The molecule has 0 radical (unpaired) electrons. The lowest BCUT2D eigenvalue weighted by Gasteiger charge is -2.10. The molecule has 0 amide bonds. The van der Waals surface area contributed by atoms with Crippen LogP contribution < -0.4 is 0 Å². The van der Waals surface area contributed by atoms with E-state index in [1.807, 2.05) is 0 Å². The van der Waals surface area contributed by atoms with Crippen molar-refractivity contribution in [2.24, 2.45) is 0 Å². The van der Waals surface area contributed by atoms with E-state index in [1.54, 1.807) is 0 Å². The molecule has 0 heterocycles. The van der Waals surface area contributed by atoms with Crippen LogP contribution in [-0.2, 0) is 11.3 Å². The highest BCUT2D eigenvalue weighted by molar-refractivity contribution is 9.09. The standard InChI is InChI=1S/C14H17BrO5/c15-7-2-1-3-8-20-9-12-10(13(16)17)5-4-6-11(12)14(18)19/h4-6H,1-3,7-9H2,(H,16,17)(H,18,19). The number of alkyl halides is 1. The number of benzene rings is 1. The molecule has 0 aliphatic rings. The molecule has 0 aromatic heterocycles. The van der Waals surface area contributed by atoms with Crippen LogP contribution in [0.25, 0.3) is 0 Å². The van der Waals surface area contributed by atoms with E-state index in [9.17, 15) is 9.59 Å². The normalized spacial score (nSPS) is 10.4. The SMILES string of the molecule is O=C(O)c1cccc(C(=O)O)c1COCCCCCBr. The Balaban J connectivity index is 2.71. The van der Waals surface area contributed by atoms with Crippen molar-refractivity contribution >= 4 is 27.9 Å². The lowest BCUT2D eigenvalue weighted by Crippen LogP contribution is -2.11. The van der Waals surface area contributed by atoms with Gasteiger partial charge in [0.05, 0.1) is 17.7 Å². The number of aromatic carboxylic acids is 2. The maximum atomic E-state index is 11.1. The number of carboxylic acid groups (broad SMARTS) is 2. The Morgan fingerprint density at radius 2 is 1.65 bits per heavy atom. The molecule has 110 valence electrons. The molecule has 0 aliphatic carbocycles. The van der Waals surface area contributed by atoms with Gasteiger partial charge in [-0.25, -0.2) is 9.59 Å². The van der Waals surface area contributed by atoms with Gasteiger partial charge in [0.25, 0.3) is 0 Å². The smallest absolute Gasteiger partial charge is 0.336 e. The van der Waals surface area contributed by atoms with Crippen molar-refractivity contribution in [3.05, 3.63) is 34.9 Å². The number of hydrogen-bond acceptors (Lipinski definition) is 3. The summed E-state index contributed by atoms with van der Waals surface area (Å²) in [6.07, 6.45) is 2.93. The van der Waals surface area contributed by atoms with Crippen LogP contribution in [0, 0.1) is 0 Å². The quantitative estimate of drug-likeness (QED) is 0.531. The van der Waals surface area contributed by atoms with E-state index >= 15 is 0 Å². The summed E-state index contributed by atoms with van der Waals surface area (Å²) in [5, 5.41) is 19.1. The van der Waals surface area contributed by atoms with Gasteiger partial charge in [0.1, 0.15) is 0 Å². The van der Waals surface area contributed by atoms with E-state index in [4.69, 9.17) is 14.9 Å². The number of halogens is 1. The van der Waals surface area contributed by atoms with Gasteiger partial charge in [-0.05, 0) is 25.0 Å². The molecule has 0 fully saturated rings. The average molecular weight is 345 g/mol. The molecule has 6 heteroatoms. The minimum Gasteiger partial charge on any atom is -0.478 e. The van der Waals surface area contributed by atoms with E-state index < -0.39 is 11.9 Å². The van der Waals surface area contributed by atoms with Crippen LogP contribution in [0.1, 0.15) is 45.5 Å². The second-order valence-corrected chi connectivity index (χ2v) is 5.04. The summed E-state index contributed by atoms with van der Waals surface area (Å²) >= 11 is 3.33. The maximum Gasteiger partial charge on any atom is 0.336 e. The molecule has 5 nitrogen and oxygen atoms in total. The van der Waals surface area contributed by atoms with Gasteiger partial charge in [-0.1, -0.05) is 28.4 Å². The number of hydrogen-bond donors (Lipinski definition) is 2. The number of ether oxygens (including phenoxy) is 1. The second kappa shape index (κ2) is 8.71. The molecule has 0 aliphatic heterocycles. The molecule has 0 unspecified atom stereocenters. The van der Waals surface area contributed by atoms with Crippen LogP contribution >= 0.6 is 15.9 Å². The highest BCUT2D eigenvalue weighted by atomic mass is 79.9. The zero-order chi connectivity index (χ0) is 15.0. The molecule has 1 rings (SSSR count). The topological polar surface area (TPSA) is 83.8 Å². The summed E-state index contributed by atoms with van der Waals surface area (Å²) in [5.74, 6) is -2.29. The van der Waals surface area contributed by atoms with Crippen molar-refractivity contribution < 1.29 is 24.5 Å². The van der Waals surface area contributed by atoms with Gasteiger partial charge < -0.3 is 14.9 Å². The van der Waals surface area contributed by atoms with Gasteiger partial charge in [0.2, 0.25) is 0 Å². The van der Waals surface area contributed by atoms with Crippen molar-refractivity contribution in [3.8, 4) is 0 Å². The van der Waals surface area contributed by atoms with Crippen LogP contribution in [0.15, 0.2) is 18.2 Å². The minimum atomic E-state index is -1.15. The Kier molecular flexibility index (Phi) is 7.25. The average Bonchev–Trinajstić information content (AvgIpc) is 2.42. The third-order valence-electron chi connectivity index (χ3n) is 2.81. The van der Waals surface area contributed by atoms with Crippen molar-refractivity contribution in [2.45, 2.75) is 25.9 Å². The van der Waals surface area contributed by atoms with Crippen LogP contribution in [0.5, 0.6) is 0 Å². The first-order valence-corrected chi connectivity index (χ1v) is 7.42. The van der Waals surface area contributed by atoms with E-state index in [0.29, 0.717) is 6.61 Å². The lowest BCUT2D eigenvalue weighted by atomic mass is 10.0. The largest absolute Gasteiger partial charge is 0.478 e. The summed E-state index contributed by atoms with van der Waals surface area (Å²) in [7, 11) is 0. The van der Waals surface area contributed by atoms with E-state index in [1.165, 1.54) is 18.2 Å². The van der Waals surface area contributed by atoms with Gasteiger partial charge in [0, 0.05) is 17.5 Å². The number of carboxylic acids is 2. The fraction of sp³-hybridized carbons (Fsp3) is 0.429. The van der Waals surface area contributed by atoms with E-state index in [0.717, 1.165) is 24.6 Å². The number of rotatable bonds is 9. The molecule has 0 bridgehead atoms. The van der Waals surface area contributed by atoms with Gasteiger partial charge in [0.15, 0.2) is 0 Å². The summed E-state index contributed by atoms with van der Waals surface area (Å²) < 4.78 is 5.41. The summed E-state index contributed by atoms with van der Waals surface area (Å²) in [5.41, 5.74) is 0.170. The van der Waals surface area contributed by atoms with Crippen LogP contribution in [0.2, 0.25) is 0 Å². The first kappa shape index (κ1) is 16.7. The third-order valence-corrected chi connectivity index (χ3v) is 3.37. The molecule has 20 heavy (non-hydrogen) atoms. The van der Waals surface area contributed by atoms with E-state index in [2.05, 4.69) is 15.9 Å². The fourth-order valence-corrected chi connectivity index (χ4v) is 2.19. The van der Waals surface area contributed by atoms with Crippen molar-refractivity contribution in [1.82, 2.24) is 0 Å². The predicted molar refractivity (Wildman–Crippen MR) is 77.7 cm³/mol. The third kappa shape index (κ3) is 4.94. The zero-order valence-electron chi connectivity index (χ0n) is 11.0. The number of unbranched alkanes of at least 4 members (excludes halogenated alkanes) is 2. The van der Waals surface area contributed by atoms with Gasteiger partial charge in [-0.2, -0.15) is 0 Å². The van der Waals surface area contributed by atoms with Gasteiger partial charge in [-0.3, -0.25) is 0 Å². The molecule has 0 atom stereocenters. The van der Waals surface area contributed by atoms with Crippen LogP contribution in [-0.4, -0.2) is 34.1 Å². The van der Waals surface area contributed by atoms with E-state index in [-0.39, 0.29) is 23.3 Å². The molecule has 1 aromatic carbocycles. The fourth-order valence-electron chi connectivity index (χ4n) is 1.79. The first-order chi connectivity index (χ1) is 9.57. The van der Waals surface area contributed by atoms with Gasteiger partial charge in [-0.15, -0.1) is 0 Å². The van der Waals surface area contributed by atoms with Crippen molar-refractivity contribution in [2.75, 3.05) is 11.9 Å². The van der Waals surface area contributed by atoms with Gasteiger partial charge >= 0.3 is 11.9 Å². The lowest BCUT2D eigenvalue weighted by molar-refractivity contribution is 0.0677. The first-order valence-electron chi connectivity index (χ1n) is 6.30. The molecule has 2 N–H and O–H groups in total. The molecular weight excluding hydrogens is 328 g/mol. The Labute approximate surface area is 125 Å². The second-order valence-electron chi connectivity index (χ2n) is 4.24. The highest BCUT2D eigenvalue weighted by Crippen LogP contribution is 2.17. The molecule has 0 saturated heterocycles. The number of carbonyl (C=O) groups is 2. The van der Waals surface area contributed by atoms with Crippen LogP contribution in [0.3, 0.4) is 0 Å². The maximum absolute atomic E-state index is 11.1. The molecular formula is C14H17BrO5. The Bertz CT molecular complexity index is 440. The Morgan fingerprint density at radius 1 is 1.05 bits per heavy atom.